The molecule has 3 unspecified atom stereocenters. The highest BCUT2D eigenvalue weighted by Gasteiger charge is 2.40. The first-order chi connectivity index (χ1) is 22.2. The van der Waals surface area contributed by atoms with E-state index < -0.39 is 35.7 Å². The highest BCUT2D eigenvalue weighted by Crippen LogP contribution is 2.25. The summed E-state index contributed by atoms with van der Waals surface area (Å²) in [7, 11) is 0. The summed E-state index contributed by atoms with van der Waals surface area (Å²) < 4.78 is 0.259. The second kappa shape index (κ2) is 29.3. The van der Waals surface area contributed by atoms with Crippen molar-refractivity contribution >= 4 is 17.9 Å². The first-order valence-corrected chi connectivity index (χ1v) is 19.3. The van der Waals surface area contributed by atoms with E-state index in [0.29, 0.717) is 25.8 Å². The molecule has 46 heavy (non-hydrogen) atoms. The molecule has 270 valence electrons. The van der Waals surface area contributed by atoms with E-state index in [2.05, 4.69) is 19.1 Å². The molecule has 7 nitrogen and oxygen atoms in total. The number of aliphatic carboxylic acids is 3. The number of carbonyl (C=O) groups is 3. The predicted octanol–water partition coefficient (Wildman–Crippen LogP) is 10.5. The van der Waals surface area contributed by atoms with Gasteiger partial charge in [-0.3, -0.25) is 14.4 Å². The fourth-order valence-corrected chi connectivity index (χ4v) is 6.80. The van der Waals surface area contributed by atoms with Gasteiger partial charge in [0.05, 0.1) is 26.2 Å². The number of carboxylic acids is 3. The molecule has 3 N–H and O–H groups in total. The number of allylic oxidation sites excluding steroid dienone is 2. The Hall–Kier alpha value is -1.89. The van der Waals surface area contributed by atoms with Gasteiger partial charge in [0, 0.05) is 0 Å². The number of unbranched alkanes of at least 4 members (excludes halogenated alkanes) is 18. The lowest BCUT2D eigenvalue weighted by molar-refractivity contribution is -0.935. The highest BCUT2D eigenvalue weighted by atomic mass is 16.4. The van der Waals surface area contributed by atoms with Gasteiger partial charge < -0.3 is 19.8 Å². The minimum absolute atomic E-state index is 0.259. The van der Waals surface area contributed by atoms with Crippen LogP contribution in [0.5, 0.6) is 0 Å². The highest BCUT2D eigenvalue weighted by molar-refractivity contribution is 5.71. The molecule has 0 aliphatic carbocycles. The van der Waals surface area contributed by atoms with Crippen molar-refractivity contribution < 1.29 is 34.2 Å². The monoisotopic (exact) mass is 653 g/mol. The minimum atomic E-state index is -0.886. The van der Waals surface area contributed by atoms with Crippen molar-refractivity contribution in [1.29, 1.82) is 0 Å². The molecule has 0 saturated carbocycles. The van der Waals surface area contributed by atoms with Crippen LogP contribution in [0.1, 0.15) is 175 Å². The van der Waals surface area contributed by atoms with E-state index in [0.717, 1.165) is 19.3 Å². The summed E-state index contributed by atoms with van der Waals surface area (Å²) in [6.07, 6.45) is 31.4. The van der Waals surface area contributed by atoms with Crippen LogP contribution in [0.15, 0.2) is 12.2 Å². The molecular formula is C39H74NO6+. The molecule has 0 heterocycles. The molecule has 0 bridgehead atoms. The Morgan fingerprint density at radius 3 is 1.02 bits per heavy atom. The fourth-order valence-electron chi connectivity index (χ4n) is 6.80. The third-order valence-corrected chi connectivity index (χ3v) is 9.99. The van der Waals surface area contributed by atoms with Gasteiger partial charge in [-0.2, -0.15) is 0 Å². The fraction of sp³-hybridized carbons (Fsp3) is 0.872. The van der Waals surface area contributed by atoms with Gasteiger partial charge in [-0.15, -0.1) is 0 Å². The molecule has 0 saturated heterocycles. The molecule has 0 fully saturated rings. The van der Waals surface area contributed by atoms with Gasteiger partial charge in [0.1, 0.15) is 17.8 Å². The number of rotatable bonds is 34. The zero-order chi connectivity index (χ0) is 34.5. The van der Waals surface area contributed by atoms with Crippen LogP contribution in [0.25, 0.3) is 0 Å². The number of quaternary nitrogens is 1. The Bertz CT molecular complexity index is 738. The van der Waals surface area contributed by atoms with Crippen molar-refractivity contribution in [2.75, 3.05) is 26.2 Å². The summed E-state index contributed by atoms with van der Waals surface area (Å²) in [6.45, 7) is 9.28. The van der Waals surface area contributed by atoms with Gasteiger partial charge in [0.25, 0.3) is 0 Å². The topological polar surface area (TPSA) is 112 Å². The first-order valence-electron chi connectivity index (χ1n) is 19.3. The Balaban J connectivity index is 4.44. The van der Waals surface area contributed by atoms with Gasteiger partial charge in [0.15, 0.2) is 0 Å². The first kappa shape index (κ1) is 44.1. The molecule has 0 aromatic carbocycles. The van der Waals surface area contributed by atoms with Crippen molar-refractivity contribution in [3.05, 3.63) is 12.2 Å². The summed E-state index contributed by atoms with van der Waals surface area (Å²) in [5.41, 5.74) is 0. The van der Waals surface area contributed by atoms with E-state index in [1.54, 1.807) is 0 Å². The van der Waals surface area contributed by atoms with Gasteiger partial charge in [-0.25, -0.2) is 0 Å². The van der Waals surface area contributed by atoms with Crippen LogP contribution in [0.4, 0.5) is 0 Å². The Morgan fingerprint density at radius 1 is 0.457 bits per heavy atom. The Kier molecular flexibility index (Phi) is 28.1. The molecule has 0 aromatic rings. The lowest BCUT2D eigenvalue weighted by Gasteiger charge is -2.43. The largest absolute Gasteiger partial charge is 0.481 e. The van der Waals surface area contributed by atoms with Crippen molar-refractivity contribution in [2.45, 2.75) is 175 Å². The quantitative estimate of drug-likeness (QED) is 0.0362. The van der Waals surface area contributed by atoms with E-state index in [9.17, 15) is 29.7 Å². The maximum Gasteiger partial charge on any atom is 0.312 e. The Morgan fingerprint density at radius 2 is 0.739 bits per heavy atom. The van der Waals surface area contributed by atoms with E-state index >= 15 is 0 Å². The molecule has 0 radical (unpaired) electrons. The van der Waals surface area contributed by atoms with Crippen LogP contribution in [0, 0.1) is 17.8 Å². The van der Waals surface area contributed by atoms with Crippen LogP contribution in [-0.4, -0.2) is 63.9 Å². The summed E-state index contributed by atoms with van der Waals surface area (Å²) in [5.74, 6) is -4.51. The maximum absolute atomic E-state index is 12.0. The van der Waals surface area contributed by atoms with Crippen molar-refractivity contribution in [1.82, 2.24) is 0 Å². The van der Waals surface area contributed by atoms with Crippen molar-refractivity contribution in [2.24, 2.45) is 17.8 Å². The third kappa shape index (κ3) is 22.6. The van der Waals surface area contributed by atoms with Crippen LogP contribution >= 0.6 is 0 Å². The van der Waals surface area contributed by atoms with Gasteiger partial charge in [0.2, 0.25) is 0 Å². The standard InChI is InChI=1S/C39H73NO6/c1-5-9-10-11-12-13-14-15-16-17-18-19-20-21-22-23-24-25-26-27-28-29-30-40(31-34(6-2)37(41)42,32-35(7-3)38(43)44)33-36(8-4)39(45)46/h16-17,34-36H,5-15,18-33H2,1-4H3,(H2-,41,42,43,44,45,46)/p+1/b17-16+. The molecule has 0 aliphatic rings. The van der Waals surface area contributed by atoms with Gasteiger partial charge >= 0.3 is 17.9 Å². The zero-order valence-corrected chi connectivity index (χ0v) is 30.5. The molecule has 0 amide bonds. The minimum Gasteiger partial charge on any atom is -0.481 e. The summed E-state index contributed by atoms with van der Waals surface area (Å²) in [6, 6.07) is 0. The summed E-state index contributed by atoms with van der Waals surface area (Å²) in [5, 5.41) is 29.5. The second-order valence-electron chi connectivity index (χ2n) is 14.0. The normalized spacial score (nSPS) is 15.0. The number of hydrogen-bond donors (Lipinski definition) is 3. The summed E-state index contributed by atoms with van der Waals surface area (Å²) >= 11 is 0. The van der Waals surface area contributed by atoms with Gasteiger partial charge in [-0.05, 0) is 57.8 Å². The molecule has 0 rings (SSSR count). The third-order valence-electron chi connectivity index (χ3n) is 9.99. The lowest BCUT2D eigenvalue weighted by atomic mass is 9.95. The van der Waals surface area contributed by atoms with Crippen molar-refractivity contribution in [3.8, 4) is 0 Å². The van der Waals surface area contributed by atoms with Crippen LogP contribution in [-0.2, 0) is 14.4 Å². The molecule has 0 aromatic heterocycles. The smallest absolute Gasteiger partial charge is 0.312 e. The summed E-state index contributed by atoms with van der Waals surface area (Å²) in [4.78, 5) is 36.0. The zero-order valence-electron chi connectivity index (χ0n) is 30.5. The predicted molar refractivity (Wildman–Crippen MR) is 191 cm³/mol. The van der Waals surface area contributed by atoms with E-state index in [4.69, 9.17) is 0 Å². The number of hydrogen-bond acceptors (Lipinski definition) is 3. The van der Waals surface area contributed by atoms with Gasteiger partial charge in [-0.1, -0.05) is 130 Å². The van der Waals surface area contributed by atoms with Crippen molar-refractivity contribution in [3.63, 3.8) is 0 Å². The number of carboxylic acid groups (broad SMARTS) is 3. The number of nitrogens with zero attached hydrogens (tertiary/aromatic N) is 1. The average Bonchev–Trinajstić information content (AvgIpc) is 3.03. The second-order valence-corrected chi connectivity index (χ2v) is 14.0. The van der Waals surface area contributed by atoms with Crippen LogP contribution in [0.2, 0.25) is 0 Å². The molecule has 7 heteroatoms. The molecule has 0 aliphatic heterocycles. The van der Waals surface area contributed by atoms with E-state index in [1.165, 1.54) is 109 Å². The average molecular weight is 653 g/mol. The molecular weight excluding hydrogens is 578 g/mol. The van der Waals surface area contributed by atoms with Crippen LogP contribution in [0.3, 0.4) is 0 Å². The lowest BCUT2D eigenvalue weighted by Crippen LogP contribution is -2.58. The SMILES string of the molecule is CCCCCCCCC/C=C/CCCCCCCCCCCCC[N+](CC(CC)C(=O)O)(CC(CC)C(=O)O)CC(CC)C(=O)O. The van der Waals surface area contributed by atoms with E-state index in [-0.39, 0.29) is 24.1 Å². The van der Waals surface area contributed by atoms with Crippen LogP contribution < -0.4 is 0 Å². The Labute approximate surface area is 283 Å². The molecule has 3 atom stereocenters. The molecule has 0 spiro atoms. The van der Waals surface area contributed by atoms with E-state index in [1.807, 2.05) is 20.8 Å². The maximum atomic E-state index is 12.0.